The lowest BCUT2D eigenvalue weighted by Crippen LogP contribution is -2.17. The Labute approximate surface area is 144 Å². The van der Waals surface area contributed by atoms with Gasteiger partial charge in [0.1, 0.15) is 6.10 Å². The number of hydrogen-bond donors (Lipinski definition) is 0. The molecule has 1 unspecified atom stereocenters. The van der Waals surface area contributed by atoms with Crippen molar-refractivity contribution in [1.29, 1.82) is 0 Å². The number of unbranched alkanes of at least 4 members (excludes halogenated alkanes) is 6. The van der Waals surface area contributed by atoms with Gasteiger partial charge in [-0.2, -0.15) is 0 Å². The maximum Gasteiger partial charge on any atom is 0.159 e. The fraction of sp³-hybridized carbons (Fsp3) is 0.762. The van der Waals surface area contributed by atoms with Crippen molar-refractivity contribution in [1.82, 2.24) is 0 Å². The lowest BCUT2D eigenvalue weighted by atomic mass is 9.98. The van der Waals surface area contributed by atoms with Gasteiger partial charge in [0.2, 0.25) is 0 Å². The predicted molar refractivity (Wildman–Crippen MR) is 101 cm³/mol. The quantitative estimate of drug-likeness (QED) is 0.156. The van der Waals surface area contributed by atoms with Gasteiger partial charge in [0.05, 0.1) is 5.76 Å². The first-order valence-corrected chi connectivity index (χ1v) is 9.48. The molecule has 0 rings (SSSR count). The normalized spacial score (nSPS) is 13.2. The molecule has 0 amide bonds. The summed E-state index contributed by atoms with van der Waals surface area (Å²) in [5, 5.41) is 0. The summed E-state index contributed by atoms with van der Waals surface area (Å²) in [6.07, 6.45) is 11.8. The highest BCUT2D eigenvalue weighted by atomic mass is 16.5. The van der Waals surface area contributed by atoms with Crippen LogP contribution in [-0.4, -0.2) is 11.9 Å². The second-order valence-electron chi connectivity index (χ2n) is 6.84. The predicted octanol–water partition coefficient (Wildman–Crippen LogP) is 6.61. The van der Waals surface area contributed by atoms with Crippen molar-refractivity contribution in [2.75, 3.05) is 0 Å². The van der Waals surface area contributed by atoms with E-state index < -0.39 is 0 Å². The molecule has 0 aromatic carbocycles. The van der Waals surface area contributed by atoms with Crippen molar-refractivity contribution in [2.45, 2.75) is 98.5 Å². The van der Waals surface area contributed by atoms with E-state index >= 15 is 0 Å². The van der Waals surface area contributed by atoms with Gasteiger partial charge < -0.3 is 4.74 Å². The van der Waals surface area contributed by atoms with E-state index in [1.54, 1.807) is 6.08 Å². The van der Waals surface area contributed by atoms with Crippen LogP contribution in [0, 0.1) is 5.92 Å². The SMILES string of the molecule is C=C(C(C)C)C(CC)O/C(C)=C/C(=O)CCCCCCCCC. The number of carbonyl (C=O) groups excluding carboxylic acids is 1. The van der Waals surface area contributed by atoms with Crippen LogP contribution in [0.5, 0.6) is 0 Å². The maximum atomic E-state index is 12.0. The van der Waals surface area contributed by atoms with Crippen molar-refractivity contribution >= 4 is 5.78 Å². The smallest absolute Gasteiger partial charge is 0.159 e. The maximum absolute atomic E-state index is 12.0. The zero-order chi connectivity index (χ0) is 17.7. The van der Waals surface area contributed by atoms with Crippen LogP contribution in [0.3, 0.4) is 0 Å². The van der Waals surface area contributed by atoms with Crippen molar-refractivity contribution in [3.63, 3.8) is 0 Å². The third kappa shape index (κ3) is 11.2. The molecule has 134 valence electrons. The molecule has 0 aliphatic heterocycles. The van der Waals surface area contributed by atoms with Gasteiger partial charge in [0.25, 0.3) is 0 Å². The lowest BCUT2D eigenvalue weighted by Gasteiger charge is -2.22. The molecule has 0 aromatic heterocycles. The first-order chi connectivity index (χ1) is 10.9. The Balaban J connectivity index is 4.05. The van der Waals surface area contributed by atoms with Crippen molar-refractivity contribution in [3.05, 3.63) is 24.0 Å². The van der Waals surface area contributed by atoms with E-state index in [-0.39, 0.29) is 11.9 Å². The summed E-state index contributed by atoms with van der Waals surface area (Å²) in [4.78, 5) is 12.0. The molecule has 0 radical (unpaired) electrons. The van der Waals surface area contributed by atoms with E-state index in [9.17, 15) is 4.79 Å². The minimum absolute atomic E-state index is 0.0117. The van der Waals surface area contributed by atoms with Crippen LogP contribution in [0.2, 0.25) is 0 Å². The first kappa shape index (κ1) is 21.9. The van der Waals surface area contributed by atoms with Crippen LogP contribution in [0.1, 0.15) is 92.4 Å². The Morgan fingerprint density at radius 1 is 1.04 bits per heavy atom. The summed E-state index contributed by atoms with van der Waals surface area (Å²) >= 11 is 0. The highest BCUT2D eigenvalue weighted by Gasteiger charge is 2.15. The van der Waals surface area contributed by atoms with E-state index in [0.29, 0.717) is 18.1 Å². The molecule has 0 N–H and O–H groups in total. The molecule has 2 heteroatoms. The second kappa shape index (κ2) is 13.4. The third-order valence-electron chi connectivity index (χ3n) is 4.25. The van der Waals surface area contributed by atoms with Gasteiger partial charge in [-0.15, -0.1) is 0 Å². The zero-order valence-corrected chi connectivity index (χ0v) is 16.1. The monoisotopic (exact) mass is 322 g/mol. The molecule has 0 fully saturated rings. The number of hydrogen-bond acceptors (Lipinski definition) is 2. The Morgan fingerprint density at radius 3 is 2.13 bits per heavy atom. The highest BCUT2D eigenvalue weighted by molar-refractivity contribution is 5.89. The highest BCUT2D eigenvalue weighted by Crippen LogP contribution is 2.20. The third-order valence-corrected chi connectivity index (χ3v) is 4.25. The van der Waals surface area contributed by atoms with Crippen LogP contribution in [-0.2, 0) is 9.53 Å². The van der Waals surface area contributed by atoms with Crippen LogP contribution in [0.25, 0.3) is 0 Å². The average molecular weight is 323 g/mol. The van der Waals surface area contributed by atoms with Crippen molar-refractivity contribution in [2.24, 2.45) is 5.92 Å². The molecular weight excluding hydrogens is 284 g/mol. The van der Waals surface area contributed by atoms with Crippen LogP contribution in [0.15, 0.2) is 24.0 Å². The summed E-state index contributed by atoms with van der Waals surface area (Å²) < 4.78 is 5.91. The van der Waals surface area contributed by atoms with Gasteiger partial charge in [-0.3, -0.25) is 4.79 Å². The number of carbonyl (C=O) groups is 1. The standard InChI is InChI=1S/C21H38O2/c1-7-9-10-11-12-13-14-15-20(22)16-18(5)23-21(8-2)19(6)17(3)4/h16-17,21H,6-15H2,1-5H3/b18-16+. The minimum Gasteiger partial charge on any atom is -0.491 e. The largest absolute Gasteiger partial charge is 0.491 e. The molecule has 0 saturated heterocycles. The summed E-state index contributed by atoms with van der Waals surface area (Å²) in [6, 6.07) is 0. The minimum atomic E-state index is 0.0117. The molecule has 0 aromatic rings. The molecule has 0 aliphatic rings. The topological polar surface area (TPSA) is 26.3 Å². The molecule has 0 heterocycles. The van der Waals surface area contributed by atoms with Crippen molar-refractivity contribution in [3.8, 4) is 0 Å². The first-order valence-electron chi connectivity index (χ1n) is 9.48. The van der Waals surface area contributed by atoms with Gasteiger partial charge >= 0.3 is 0 Å². The van der Waals surface area contributed by atoms with E-state index in [1.165, 1.54) is 32.1 Å². The Morgan fingerprint density at radius 2 is 1.61 bits per heavy atom. The molecule has 0 spiro atoms. The van der Waals surface area contributed by atoms with Gasteiger partial charge in [0, 0.05) is 12.5 Å². The molecule has 2 nitrogen and oxygen atoms in total. The van der Waals surface area contributed by atoms with Crippen LogP contribution in [0.4, 0.5) is 0 Å². The Bertz CT molecular complexity index is 366. The van der Waals surface area contributed by atoms with Gasteiger partial charge in [0.15, 0.2) is 5.78 Å². The fourth-order valence-electron chi connectivity index (χ4n) is 2.61. The Kier molecular flexibility index (Phi) is 12.8. The average Bonchev–Trinajstić information content (AvgIpc) is 2.50. The fourth-order valence-corrected chi connectivity index (χ4v) is 2.61. The van der Waals surface area contributed by atoms with Crippen LogP contribution >= 0.6 is 0 Å². The van der Waals surface area contributed by atoms with E-state index in [1.807, 2.05) is 6.92 Å². The molecular formula is C21H38O2. The van der Waals surface area contributed by atoms with Gasteiger partial charge in [-0.05, 0) is 31.3 Å². The van der Waals surface area contributed by atoms with E-state index in [0.717, 1.165) is 24.8 Å². The molecule has 23 heavy (non-hydrogen) atoms. The zero-order valence-electron chi connectivity index (χ0n) is 16.1. The summed E-state index contributed by atoms with van der Waals surface area (Å²) in [7, 11) is 0. The summed E-state index contributed by atoms with van der Waals surface area (Å²) in [6.45, 7) is 14.6. The van der Waals surface area contributed by atoms with Crippen molar-refractivity contribution < 1.29 is 9.53 Å². The summed E-state index contributed by atoms with van der Waals surface area (Å²) in [5.41, 5.74) is 1.10. The van der Waals surface area contributed by atoms with E-state index in [2.05, 4.69) is 34.3 Å². The lowest BCUT2D eigenvalue weighted by molar-refractivity contribution is -0.114. The molecule has 0 bridgehead atoms. The molecule has 0 aliphatic carbocycles. The second-order valence-corrected chi connectivity index (χ2v) is 6.84. The number of rotatable bonds is 14. The van der Waals surface area contributed by atoms with Crippen LogP contribution < -0.4 is 0 Å². The van der Waals surface area contributed by atoms with E-state index in [4.69, 9.17) is 4.74 Å². The number of allylic oxidation sites excluding steroid dienone is 2. The van der Waals surface area contributed by atoms with Gasteiger partial charge in [-0.25, -0.2) is 0 Å². The molecule has 1 atom stereocenters. The molecule has 0 saturated carbocycles. The van der Waals surface area contributed by atoms with Gasteiger partial charge in [-0.1, -0.05) is 72.8 Å². The Hall–Kier alpha value is -1.05. The number of ketones is 1. The number of ether oxygens (including phenoxy) is 1. The summed E-state index contributed by atoms with van der Waals surface area (Å²) in [5.74, 6) is 1.30.